The minimum atomic E-state index is -0.158. The van der Waals surface area contributed by atoms with Crippen molar-refractivity contribution in [3.05, 3.63) is 182 Å². The van der Waals surface area contributed by atoms with Gasteiger partial charge < -0.3 is 0 Å². The molecular weight excluding hydrogens is 607 g/mol. The molecule has 0 bridgehead atoms. The predicted molar refractivity (Wildman–Crippen MR) is 210 cm³/mol. The van der Waals surface area contributed by atoms with Gasteiger partial charge in [0.15, 0.2) is 0 Å². The van der Waals surface area contributed by atoms with E-state index in [1.807, 2.05) is 36.6 Å². The lowest BCUT2D eigenvalue weighted by atomic mass is 9.80. The molecule has 7 aromatic rings. The molecule has 2 aromatic heterocycles. The summed E-state index contributed by atoms with van der Waals surface area (Å²) in [6.45, 7) is 12.9. The Morgan fingerprint density at radius 1 is 0.680 bits per heavy atom. The molecule has 9 rings (SSSR count). The maximum atomic E-state index is 5.49. The third-order valence-electron chi connectivity index (χ3n) is 10.4. The molecule has 3 heteroatoms. The van der Waals surface area contributed by atoms with Gasteiger partial charge in [-0.2, -0.15) is 0 Å². The first-order valence-corrected chi connectivity index (χ1v) is 17.1. The van der Waals surface area contributed by atoms with Gasteiger partial charge in [0.2, 0.25) is 0 Å². The van der Waals surface area contributed by atoms with Crippen molar-refractivity contribution in [3.63, 3.8) is 0 Å². The molecular formula is C47H35N3. The molecule has 1 aliphatic carbocycles. The van der Waals surface area contributed by atoms with Crippen molar-refractivity contribution in [1.29, 1.82) is 0 Å². The number of pyridine rings is 2. The number of benzene rings is 5. The molecule has 0 spiro atoms. The highest BCUT2D eigenvalue weighted by atomic mass is 15.2. The Morgan fingerprint density at radius 3 is 2.26 bits per heavy atom. The lowest BCUT2D eigenvalue weighted by Crippen LogP contribution is -2.19. The lowest BCUT2D eigenvalue weighted by molar-refractivity contribution is 0.660. The smallest absolute Gasteiger partial charge is 0.138 e. The fourth-order valence-electron chi connectivity index (χ4n) is 8.09. The minimum Gasteiger partial charge on any atom is -0.293 e. The van der Waals surface area contributed by atoms with E-state index in [0.29, 0.717) is 0 Å². The SMILES string of the molecule is C=C/C=C(\C=C)c1cc(-c2ccccc2)nc(N2c3c(ccc4c3-c3ccccc3C4(C)C)-c3ccc(-c4ccccn4)c4cccc2c34)c1. The first-order chi connectivity index (χ1) is 24.5. The summed E-state index contributed by atoms with van der Waals surface area (Å²) in [6.07, 6.45) is 7.59. The largest absolute Gasteiger partial charge is 0.293 e. The number of nitrogens with zero attached hydrogens (tertiary/aromatic N) is 3. The van der Waals surface area contributed by atoms with Gasteiger partial charge in [-0.25, -0.2) is 4.98 Å². The monoisotopic (exact) mass is 641 g/mol. The average Bonchev–Trinajstić information content (AvgIpc) is 3.40. The quantitative estimate of drug-likeness (QED) is 0.169. The van der Waals surface area contributed by atoms with Crippen LogP contribution < -0.4 is 4.90 Å². The van der Waals surface area contributed by atoms with Crippen LogP contribution in [0.2, 0.25) is 0 Å². The summed E-state index contributed by atoms with van der Waals surface area (Å²) in [5.41, 5.74) is 15.7. The molecule has 3 heterocycles. The van der Waals surface area contributed by atoms with E-state index in [0.717, 1.165) is 56.2 Å². The number of anilines is 3. The van der Waals surface area contributed by atoms with Gasteiger partial charge in [0.1, 0.15) is 5.82 Å². The second kappa shape index (κ2) is 11.4. The van der Waals surface area contributed by atoms with Crippen LogP contribution in [0, 0.1) is 0 Å². The highest BCUT2D eigenvalue weighted by Crippen LogP contribution is 2.60. The van der Waals surface area contributed by atoms with Gasteiger partial charge in [-0.3, -0.25) is 9.88 Å². The van der Waals surface area contributed by atoms with Crippen LogP contribution in [0.4, 0.5) is 17.2 Å². The van der Waals surface area contributed by atoms with Gasteiger partial charge in [-0.15, -0.1) is 0 Å². The number of hydrogen-bond donors (Lipinski definition) is 0. The minimum absolute atomic E-state index is 0.158. The van der Waals surface area contributed by atoms with Crippen molar-refractivity contribution < 1.29 is 0 Å². The second-order valence-electron chi connectivity index (χ2n) is 13.5. The van der Waals surface area contributed by atoms with Crippen LogP contribution in [0.5, 0.6) is 0 Å². The Hall–Kier alpha value is -6.32. The van der Waals surface area contributed by atoms with Crippen molar-refractivity contribution in [1.82, 2.24) is 9.97 Å². The summed E-state index contributed by atoms with van der Waals surface area (Å²) in [6, 6.07) is 45.6. The summed E-state index contributed by atoms with van der Waals surface area (Å²) >= 11 is 0. The summed E-state index contributed by atoms with van der Waals surface area (Å²) in [7, 11) is 0. The van der Waals surface area contributed by atoms with Crippen LogP contribution >= 0.6 is 0 Å². The first-order valence-electron chi connectivity index (χ1n) is 17.1. The van der Waals surface area contributed by atoms with Crippen molar-refractivity contribution in [2.24, 2.45) is 0 Å². The Balaban J connectivity index is 1.43. The fraction of sp³-hybridized carbons (Fsp3) is 0.0638. The number of aromatic nitrogens is 2. The molecule has 0 fully saturated rings. The van der Waals surface area contributed by atoms with Crippen LogP contribution in [-0.4, -0.2) is 9.97 Å². The van der Waals surface area contributed by atoms with Gasteiger partial charge >= 0.3 is 0 Å². The van der Waals surface area contributed by atoms with E-state index in [1.54, 1.807) is 0 Å². The van der Waals surface area contributed by atoms with Crippen molar-refractivity contribution in [3.8, 4) is 44.8 Å². The number of fused-ring (bicyclic) bond motifs is 6. The third-order valence-corrected chi connectivity index (χ3v) is 10.4. The maximum Gasteiger partial charge on any atom is 0.138 e. The van der Waals surface area contributed by atoms with E-state index in [1.165, 1.54) is 38.8 Å². The Kier molecular flexibility index (Phi) is 6.79. The van der Waals surface area contributed by atoms with Crippen molar-refractivity contribution >= 4 is 33.5 Å². The van der Waals surface area contributed by atoms with Gasteiger partial charge in [-0.05, 0) is 69.1 Å². The first kappa shape index (κ1) is 29.8. The normalized spacial score (nSPS) is 13.8. The summed E-state index contributed by atoms with van der Waals surface area (Å²) in [5, 5.41) is 2.35. The zero-order valence-corrected chi connectivity index (χ0v) is 28.2. The molecule has 2 aliphatic rings. The van der Waals surface area contributed by atoms with Crippen LogP contribution in [0.15, 0.2) is 165 Å². The van der Waals surface area contributed by atoms with E-state index in [9.17, 15) is 0 Å². The topological polar surface area (TPSA) is 29.0 Å². The Bertz CT molecular complexity index is 2540. The molecule has 0 N–H and O–H groups in total. The van der Waals surface area contributed by atoms with Gasteiger partial charge in [0.05, 0.1) is 22.8 Å². The highest BCUT2D eigenvalue weighted by Gasteiger charge is 2.41. The molecule has 0 amide bonds. The fourth-order valence-corrected chi connectivity index (χ4v) is 8.09. The number of hydrogen-bond acceptors (Lipinski definition) is 3. The van der Waals surface area contributed by atoms with Crippen LogP contribution in [-0.2, 0) is 5.41 Å². The number of allylic oxidation sites excluding steroid dienone is 4. The van der Waals surface area contributed by atoms with Gasteiger partial charge in [0, 0.05) is 39.3 Å². The third kappa shape index (κ3) is 4.37. The van der Waals surface area contributed by atoms with Crippen LogP contribution in [0.25, 0.3) is 61.1 Å². The lowest BCUT2D eigenvalue weighted by Gasteiger charge is -2.36. The summed E-state index contributed by atoms with van der Waals surface area (Å²) < 4.78 is 0. The average molecular weight is 642 g/mol. The standard InChI is InChI=1S/C47H35N3/c1-5-15-30(6-2)32-28-41(31-16-8-7-9-17-31)49-43(29-32)50-42-22-14-19-34-33(40-21-12-13-27-48-40)23-24-35(44(34)42)36-25-26-39-45(46(36)50)37-18-10-11-20-38(37)47(39,3)4/h5-29H,1-2H2,3-4H3/b30-15+. The van der Waals surface area contributed by atoms with E-state index in [4.69, 9.17) is 9.97 Å². The molecule has 5 aromatic carbocycles. The predicted octanol–water partition coefficient (Wildman–Crippen LogP) is 12.5. The second-order valence-corrected chi connectivity index (χ2v) is 13.5. The molecule has 0 radical (unpaired) electrons. The van der Waals surface area contributed by atoms with Gasteiger partial charge in [-0.1, -0.05) is 142 Å². The van der Waals surface area contributed by atoms with Crippen molar-refractivity contribution in [2.45, 2.75) is 19.3 Å². The zero-order chi connectivity index (χ0) is 34.0. The molecule has 0 unspecified atom stereocenters. The molecule has 238 valence electrons. The van der Waals surface area contributed by atoms with Crippen LogP contribution in [0.1, 0.15) is 30.5 Å². The molecule has 1 aliphatic heterocycles. The van der Waals surface area contributed by atoms with Crippen LogP contribution in [0.3, 0.4) is 0 Å². The highest BCUT2D eigenvalue weighted by molar-refractivity contribution is 6.19. The molecule has 0 saturated heterocycles. The Morgan fingerprint density at radius 2 is 1.46 bits per heavy atom. The van der Waals surface area contributed by atoms with E-state index in [2.05, 4.69) is 147 Å². The van der Waals surface area contributed by atoms with E-state index < -0.39 is 0 Å². The van der Waals surface area contributed by atoms with E-state index >= 15 is 0 Å². The van der Waals surface area contributed by atoms with Gasteiger partial charge in [0.25, 0.3) is 0 Å². The Labute approximate surface area is 293 Å². The molecule has 0 atom stereocenters. The zero-order valence-electron chi connectivity index (χ0n) is 28.2. The summed E-state index contributed by atoms with van der Waals surface area (Å²) in [4.78, 5) is 12.7. The van der Waals surface area contributed by atoms with E-state index in [-0.39, 0.29) is 5.41 Å². The van der Waals surface area contributed by atoms with Crippen molar-refractivity contribution in [2.75, 3.05) is 4.90 Å². The molecule has 3 nitrogen and oxygen atoms in total. The number of rotatable bonds is 6. The molecule has 50 heavy (non-hydrogen) atoms. The maximum absolute atomic E-state index is 5.49. The summed E-state index contributed by atoms with van der Waals surface area (Å²) in [5.74, 6) is 0.844. The molecule has 0 saturated carbocycles.